The summed E-state index contributed by atoms with van der Waals surface area (Å²) >= 11 is 0. The first-order valence-electron chi connectivity index (χ1n) is 10.7. The van der Waals surface area contributed by atoms with Gasteiger partial charge >= 0.3 is 5.97 Å². The zero-order valence-electron chi connectivity index (χ0n) is 18.6. The summed E-state index contributed by atoms with van der Waals surface area (Å²) in [6, 6.07) is 4.94. The Morgan fingerprint density at radius 3 is 2.16 bits per heavy atom. The number of ether oxygens (including phenoxy) is 1. The molecule has 31 heavy (non-hydrogen) atoms. The highest BCUT2D eigenvalue weighted by atomic mass is 16.5. The van der Waals surface area contributed by atoms with Crippen LogP contribution >= 0.6 is 0 Å². The van der Waals surface area contributed by atoms with Crippen LogP contribution in [0.3, 0.4) is 0 Å². The molecule has 8 heteroatoms. The summed E-state index contributed by atoms with van der Waals surface area (Å²) in [4.78, 5) is 47.4. The second kappa shape index (κ2) is 14.2. The Kier molecular flexibility index (Phi) is 11.9. The van der Waals surface area contributed by atoms with Gasteiger partial charge in [-0.15, -0.1) is 0 Å². The third kappa shape index (κ3) is 10.6. The van der Waals surface area contributed by atoms with Crippen molar-refractivity contribution in [2.75, 3.05) is 7.11 Å². The number of aromatic hydroxyl groups is 1. The highest BCUT2D eigenvalue weighted by molar-refractivity contribution is 5.89. The molecule has 0 heterocycles. The molecule has 0 radical (unpaired) electrons. The van der Waals surface area contributed by atoms with Crippen LogP contribution in [0, 0.1) is 5.92 Å². The molecule has 0 aromatic heterocycles. The van der Waals surface area contributed by atoms with Crippen LogP contribution in [0.2, 0.25) is 0 Å². The molecule has 2 atom stereocenters. The van der Waals surface area contributed by atoms with Crippen molar-refractivity contribution in [3.8, 4) is 5.75 Å². The number of unbranched alkanes of at least 4 members (excludes halogenated alkanes) is 3. The van der Waals surface area contributed by atoms with Crippen LogP contribution in [0.25, 0.3) is 0 Å². The van der Waals surface area contributed by atoms with Crippen molar-refractivity contribution in [1.82, 2.24) is 10.6 Å². The number of nitrogens with one attached hydrogen (secondary N) is 2. The monoisotopic (exact) mass is 434 g/mol. The fraction of sp³-hybridized carbons (Fsp3) is 0.565. The highest BCUT2D eigenvalue weighted by Gasteiger charge is 2.26. The Bertz CT molecular complexity index is 717. The molecular weight excluding hydrogens is 400 g/mol. The van der Waals surface area contributed by atoms with Gasteiger partial charge in [0.1, 0.15) is 18.1 Å². The van der Waals surface area contributed by atoms with Crippen LogP contribution in [-0.2, 0) is 30.3 Å². The van der Waals surface area contributed by atoms with Crippen molar-refractivity contribution < 1.29 is 29.0 Å². The van der Waals surface area contributed by atoms with E-state index in [0.29, 0.717) is 32.0 Å². The average Bonchev–Trinajstić information content (AvgIpc) is 2.74. The number of phenolic OH excluding ortho intramolecular Hbond substituents is 1. The predicted molar refractivity (Wildman–Crippen MR) is 116 cm³/mol. The first kappa shape index (κ1) is 26.1. The first-order valence-corrected chi connectivity index (χ1v) is 10.7. The van der Waals surface area contributed by atoms with E-state index in [0.717, 1.165) is 24.8 Å². The third-order valence-electron chi connectivity index (χ3n) is 4.91. The Morgan fingerprint density at radius 2 is 1.61 bits per heavy atom. The van der Waals surface area contributed by atoms with E-state index in [1.807, 2.05) is 13.8 Å². The molecule has 1 aromatic carbocycles. The molecule has 0 saturated heterocycles. The first-order chi connectivity index (χ1) is 14.8. The number of aldehydes is 1. The Labute approximate surface area is 183 Å². The van der Waals surface area contributed by atoms with Crippen molar-refractivity contribution in [2.24, 2.45) is 5.92 Å². The summed E-state index contributed by atoms with van der Waals surface area (Å²) in [5.74, 6) is -0.880. The molecule has 8 nitrogen and oxygen atoms in total. The van der Waals surface area contributed by atoms with E-state index in [2.05, 4.69) is 15.4 Å². The molecule has 1 unspecified atom stereocenters. The van der Waals surface area contributed by atoms with Crippen LogP contribution in [0.5, 0.6) is 5.75 Å². The maximum absolute atomic E-state index is 12.7. The number of phenols is 1. The van der Waals surface area contributed by atoms with Gasteiger partial charge in [0.25, 0.3) is 0 Å². The molecule has 172 valence electrons. The van der Waals surface area contributed by atoms with Gasteiger partial charge in [-0.1, -0.05) is 38.8 Å². The smallest absolute Gasteiger partial charge is 0.305 e. The molecule has 1 rings (SSSR count). The maximum atomic E-state index is 12.7. The second-order valence-electron chi connectivity index (χ2n) is 7.90. The van der Waals surface area contributed by atoms with Crippen LogP contribution < -0.4 is 10.6 Å². The lowest BCUT2D eigenvalue weighted by Gasteiger charge is -2.23. The summed E-state index contributed by atoms with van der Waals surface area (Å²) in [6.07, 6.45) is 4.64. The number of amides is 2. The van der Waals surface area contributed by atoms with Gasteiger partial charge < -0.3 is 25.3 Å². The molecule has 2 amide bonds. The van der Waals surface area contributed by atoms with E-state index >= 15 is 0 Å². The minimum absolute atomic E-state index is 0.126. The van der Waals surface area contributed by atoms with E-state index in [1.165, 1.54) is 19.2 Å². The van der Waals surface area contributed by atoms with Crippen molar-refractivity contribution >= 4 is 24.1 Å². The summed E-state index contributed by atoms with van der Waals surface area (Å²) in [7, 11) is 1.36. The second-order valence-corrected chi connectivity index (χ2v) is 7.90. The normalized spacial score (nSPS) is 12.6. The van der Waals surface area contributed by atoms with Crippen molar-refractivity contribution in [3.05, 3.63) is 29.8 Å². The molecule has 0 aliphatic carbocycles. The van der Waals surface area contributed by atoms with Gasteiger partial charge in [-0.05, 0) is 42.9 Å². The number of hydrogen-bond donors (Lipinski definition) is 3. The molecular formula is C23H34N2O6. The predicted octanol–water partition coefficient (Wildman–Crippen LogP) is 2.27. The number of methoxy groups -OCH3 is 1. The fourth-order valence-electron chi connectivity index (χ4n) is 3.08. The topological polar surface area (TPSA) is 122 Å². The quantitative estimate of drug-likeness (QED) is 0.235. The van der Waals surface area contributed by atoms with Gasteiger partial charge in [0.2, 0.25) is 11.8 Å². The summed E-state index contributed by atoms with van der Waals surface area (Å²) < 4.78 is 4.58. The largest absolute Gasteiger partial charge is 0.508 e. The SMILES string of the molecule is COC(=O)CCCCCCC(=O)N[C@H](C(=O)NC(C=O)Cc1ccc(O)cc1)C(C)C. The Hall–Kier alpha value is -2.90. The third-order valence-corrected chi connectivity index (χ3v) is 4.91. The summed E-state index contributed by atoms with van der Waals surface area (Å²) in [6.45, 7) is 3.65. The van der Waals surface area contributed by atoms with Crippen LogP contribution in [-0.4, -0.2) is 48.4 Å². The van der Waals surface area contributed by atoms with Crippen LogP contribution in [0.4, 0.5) is 0 Å². The number of benzene rings is 1. The van der Waals surface area contributed by atoms with Gasteiger partial charge in [-0.2, -0.15) is 0 Å². The molecule has 0 bridgehead atoms. The van der Waals surface area contributed by atoms with E-state index < -0.39 is 18.0 Å². The Morgan fingerprint density at radius 1 is 1.00 bits per heavy atom. The van der Waals surface area contributed by atoms with E-state index in [-0.39, 0.29) is 23.5 Å². The van der Waals surface area contributed by atoms with Crippen molar-refractivity contribution in [2.45, 2.75) is 70.9 Å². The van der Waals surface area contributed by atoms with Gasteiger partial charge in [0, 0.05) is 12.8 Å². The minimum atomic E-state index is -0.742. The van der Waals surface area contributed by atoms with Crippen LogP contribution in [0.15, 0.2) is 24.3 Å². The van der Waals surface area contributed by atoms with E-state index in [4.69, 9.17) is 0 Å². The lowest BCUT2D eigenvalue weighted by atomic mass is 10.0. The van der Waals surface area contributed by atoms with Crippen LogP contribution in [0.1, 0.15) is 57.9 Å². The average molecular weight is 435 g/mol. The molecule has 0 aliphatic heterocycles. The Balaban J connectivity index is 2.46. The van der Waals surface area contributed by atoms with Gasteiger partial charge in [-0.3, -0.25) is 14.4 Å². The van der Waals surface area contributed by atoms with Crippen molar-refractivity contribution in [3.63, 3.8) is 0 Å². The van der Waals surface area contributed by atoms with E-state index in [1.54, 1.807) is 12.1 Å². The number of rotatable bonds is 14. The molecule has 0 spiro atoms. The zero-order valence-corrected chi connectivity index (χ0v) is 18.6. The van der Waals surface area contributed by atoms with E-state index in [9.17, 15) is 24.3 Å². The maximum Gasteiger partial charge on any atom is 0.305 e. The fourth-order valence-corrected chi connectivity index (χ4v) is 3.08. The molecule has 0 aliphatic rings. The number of carbonyl (C=O) groups excluding carboxylic acids is 4. The minimum Gasteiger partial charge on any atom is -0.508 e. The lowest BCUT2D eigenvalue weighted by molar-refractivity contribution is -0.140. The highest BCUT2D eigenvalue weighted by Crippen LogP contribution is 2.12. The lowest BCUT2D eigenvalue weighted by Crippen LogP contribution is -2.52. The van der Waals surface area contributed by atoms with Gasteiger partial charge in [0.15, 0.2) is 0 Å². The standard InChI is InChI=1S/C23H34N2O6/c1-16(2)22(25-20(28)8-6-4-5-7-9-21(29)31-3)23(30)24-18(15-26)14-17-10-12-19(27)13-11-17/h10-13,15-16,18,22,27H,4-9,14H2,1-3H3,(H,24,30)(H,25,28)/t18?,22-/m0/s1. The molecule has 3 N–H and O–H groups in total. The number of carbonyl (C=O) groups is 4. The van der Waals surface area contributed by atoms with Gasteiger partial charge in [-0.25, -0.2) is 0 Å². The summed E-state index contributed by atoms with van der Waals surface area (Å²) in [5, 5.41) is 14.8. The van der Waals surface area contributed by atoms with Crippen molar-refractivity contribution in [1.29, 1.82) is 0 Å². The number of hydrogen-bond acceptors (Lipinski definition) is 6. The summed E-state index contributed by atoms with van der Waals surface area (Å²) in [5.41, 5.74) is 0.799. The number of esters is 1. The van der Waals surface area contributed by atoms with Gasteiger partial charge in [0.05, 0.1) is 13.2 Å². The molecule has 1 aromatic rings. The molecule has 0 fully saturated rings. The molecule has 0 saturated carbocycles. The zero-order chi connectivity index (χ0) is 23.2.